The van der Waals surface area contributed by atoms with Crippen LogP contribution in [0.15, 0.2) is 48.5 Å². The highest BCUT2D eigenvalue weighted by atomic mass is 19.4. The Morgan fingerprint density at radius 2 is 1.71 bits per heavy atom. The van der Waals surface area contributed by atoms with E-state index < -0.39 is 31.0 Å². The molecule has 1 fully saturated rings. The number of alkyl halides is 5. The standard InChI is InChI=1S/C23H21F5N4O2/c24-22(25)7-9-31(10-8-22)21(33)19-11-15-3-4-16(20(29)30)12-18(15)32(19)13-14-1-5-17(6-2-14)34-23(26,27)28/h1-6,11-12H,7-10,13H2,(H3,29,30). The molecule has 3 aromatic rings. The first-order valence-electron chi connectivity index (χ1n) is 10.4. The van der Waals surface area contributed by atoms with E-state index in [1.807, 2.05) is 0 Å². The smallest absolute Gasteiger partial charge is 0.406 e. The number of nitrogen functional groups attached to an aromatic ring is 1. The van der Waals surface area contributed by atoms with E-state index in [1.54, 1.807) is 28.8 Å². The van der Waals surface area contributed by atoms with E-state index >= 15 is 0 Å². The van der Waals surface area contributed by atoms with Crippen LogP contribution in [-0.4, -0.2) is 46.6 Å². The second kappa shape index (κ2) is 8.62. The van der Waals surface area contributed by atoms with Crippen LogP contribution >= 0.6 is 0 Å². The van der Waals surface area contributed by atoms with Crippen molar-refractivity contribution >= 4 is 22.6 Å². The van der Waals surface area contributed by atoms with E-state index in [-0.39, 0.29) is 36.9 Å². The van der Waals surface area contributed by atoms with E-state index in [1.165, 1.54) is 29.2 Å². The van der Waals surface area contributed by atoms with Crippen molar-refractivity contribution in [1.29, 1.82) is 5.41 Å². The Bertz CT molecular complexity index is 1220. The molecule has 0 saturated carbocycles. The zero-order valence-corrected chi connectivity index (χ0v) is 17.8. The maximum Gasteiger partial charge on any atom is 0.573 e. The second-order valence-corrected chi connectivity index (χ2v) is 8.14. The van der Waals surface area contributed by atoms with Crippen molar-refractivity contribution in [3.8, 4) is 5.75 Å². The van der Waals surface area contributed by atoms with Crippen LogP contribution in [0.1, 0.15) is 34.5 Å². The largest absolute Gasteiger partial charge is 0.573 e. The summed E-state index contributed by atoms with van der Waals surface area (Å²) < 4.78 is 70.0. The van der Waals surface area contributed by atoms with Gasteiger partial charge in [-0.05, 0) is 29.8 Å². The number of fused-ring (bicyclic) bond motifs is 1. The molecule has 11 heteroatoms. The average molecular weight is 480 g/mol. The summed E-state index contributed by atoms with van der Waals surface area (Å²) in [5, 5.41) is 8.38. The summed E-state index contributed by atoms with van der Waals surface area (Å²) in [4.78, 5) is 14.6. The molecule has 0 atom stereocenters. The van der Waals surface area contributed by atoms with Gasteiger partial charge >= 0.3 is 6.36 Å². The molecule has 4 rings (SSSR count). The Hall–Kier alpha value is -3.63. The van der Waals surface area contributed by atoms with Gasteiger partial charge in [0.1, 0.15) is 17.3 Å². The number of nitrogens with one attached hydrogen (secondary N) is 1. The average Bonchev–Trinajstić information content (AvgIpc) is 3.11. The van der Waals surface area contributed by atoms with Crippen molar-refractivity contribution in [2.75, 3.05) is 13.1 Å². The van der Waals surface area contributed by atoms with Crippen LogP contribution in [-0.2, 0) is 6.54 Å². The lowest BCUT2D eigenvalue weighted by Gasteiger charge is -2.32. The number of amides is 1. The van der Waals surface area contributed by atoms with Gasteiger partial charge in [-0.15, -0.1) is 13.2 Å². The number of nitrogens with zero attached hydrogens (tertiary/aromatic N) is 2. The quantitative estimate of drug-likeness (QED) is 0.314. The van der Waals surface area contributed by atoms with Gasteiger partial charge in [0.25, 0.3) is 11.8 Å². The number of amidine groups is 1. The Morgan fingerprint density at radius 1 is 1.06 bits per heavy atom. The molecular formula is C23H21F5N4O2. The van der Waals surface area contributed by atoms with Crippen LogP contribution in [0.25, 0.3) is 10.9 Å². The number of nitrogens with two attached hydrogens (primary N) is 1. The molecule has 0 bridgehead atoms. The zero-order chi connectivity index (χ0) is 24.7. The Morgan fingerprint density at radius 3 is 2.29 bits per heavy atom. The molecule has 1 aromatic heterocycles. The first-order chi connectivity index (χ1) is 15.9. The minimum atomic E-state index is -4.81. The first kappa shape index (κ1) is 23.5. The molecule has 1 amide bonds. The summed E-state index contributed by atoms with van der Waals surface area (Å²) in [6.07, 6.45) is -5.66. The molecule has 1 aliphatic heterocycles. The van der Waals surface area contributed by atoms with Crippen LogP contribution in [0.5, 0.6) is 5.75 Å². The fourth-order valence-corrected chi connectivity index (χ4v) is 3.95. The number of hydrogen-bond acceptors (Lipinski definition) is 3. The van der Waals surface area contributed by atoms with Crippen molar-refractivity contribution in [3.63, 3.8) is 0 Å². The molecule has 1 saturated heterocycles. The highest BCUT2D eigenvalue weighted by molar-refractivity contribution is 6.02. The van der Waals surface area contributed by atoms with Crippen LogP contribution in [0.3, 0.4) is 0 Å². The Labute approximate surface area is 191 Å². The molecule has 0 aliphatic carbocycles. The number of halogens is 5. The number of piperidine rings is 1. The lowest BCUT2D eigenvalue weighted by molar-refractivity contribution is -0.274. The second-order valence-electron chi connectivity index (χ2n) is 8.14. The van der Waals surface area contributed by atoms with E-state index in [0.29, 0.717) is 22.0 Å². The lowest BCUT2D eigenvalue weighted by atomic mass is 10.1. The van der Waals surface area contributed by atoms with Gasteiger partial charge < -0.3 is 19.9 Å². The number of hydrogen-bond donors (Lipinski definition) is 2. The van der Waals surface area contributed by atoms with Crippen LogP contribution in [0.4, 0.5) is 22.0 Å². The summed E-state index contributed by atoms with van der Waals surface area (Å²) in [7, 11) is 0. The van der Waals surface area contributed by atoms with E-state index in [4.69, 9.17) is 11.1 Å². The Balaban J connectivity index is 1.70. The summed E-state index contributed by atoms with van der Waals surface area (Å²) >= 11 is 0. The summed E-state index contributed by atoms with van der Waals surface area (Å²) in [5.41, 5.74) is 7.44. The van der Waals surface area contributed by atoms with Gasteiger partial charge in [-0.2, -0.15) is 0 Å². The lowest BCUT2D eigenvalue weighted by Crippen LogP contribution is -2.43. The predicted molar refractivity (Wildman–Crippen MR) is 115 cm³/mol. The van der Waals surface area contributed by atoms with Crippen molar-refractivity contribution in [3.05, 3.63) is 65.4 Å². The molecule has 0 unspecified atom stereocenters. The van der Waals surface area contributed by atoms with Crippen molar-refractivity contribution in [2.24, 2.45) is 5.73 Å². The fraction of sp³-hybridized carbons (Fsp3) is 0.304. The molecule has 3 N–H and O–H groups in total. The van der Waals surface area contributed by atoms with Gasteiger partial charge in [-0.25, -0.2) is 8.78 Å². The SMILES string of the molecule is N=C(N)c1ccc2cc(C(=O)N3CCC(F)(F)CC3)n(Cc3ccc(OC(F)(F)F)cc3)c2c1. The number of aromatic nitrogens is 1. The van der Waals surface area contributed by atoms with Gasteiger partial charge in [0.15, 0.2) is 0 Å². The van der Waals surface area contributed by atoms with Crippen molar-refractivity contribution < 1.29 is 31.5 Å². The summed E-state index contributed by atoms with van der Waals surface area (Å²) in [6.45, 7) is -0.0622. The minimum Gasteiger partial charge on any atom is -0.406 e. The van der Waals surface area contributed by atoms with Gasteiger partial charge in [-0.1, -0.05) is 24.3 Å². The number of likely N-dealkylation sites (tertiary alicyclic amines) is 1. The topological polar surface area (TPSA) is 84.3 Å². The third kappa shape index (κ3) is 5.13. The highest BCUT2D eigenvalue weighted by Crippen LogP contribution is 2.30. The maximum absolute atomic E-state index is 13.6. The van der Waals surface area contributed by atoms with Gasteiger partial charge in [0, 0.05) is 48.9 Å². The molecule has 2 aromatic carbocycles. The number of benzene rings is 2. The maximum atomic E-state index is 13.6. The molecular weight excluding hydrogens is 459 g/mol. The van der Waals surface area contributed by atoms with E-state index in [0.717, 1.165) is 0 Å². The van der Waals surface area contributed by atoms with Crippen LogP contribution < -0.4 is 10.5 Å². The highest BCUT2D eigenvalue weighted by Gasteiger charge is 2.36. The zero-order valence-electron chi connectivity index (χ0n) is 17.8. The van der Waals surface area contributed by atoms with Crippen LogP contribution in [0.2, 0.25) is 0 Å². The van der Waals surface area contributed by atoms with Crippen LogP contribution in [0, 0.1) is 5.41 Å². The molecule has 34 heavy (non-hydrogen) atoms. The summed E-state index contributed by atoms with van der Waals surface area (Å²) in [6, 6.07) is 11.8. The molecule has 0 spiro atoms. The van der Waals surface area contributed by atoms with E-state index in [9.17, 15) is 26.7 Å². The van der Waals surface area contributed by atoms with Gasteiger partial charge in [0.2, 0.25) is 0 Å². The monoisotopic (exact) mass is 480 g/mol. The van der Waals surface area contributed by atoms with Crippen molar-refractivity contribution in [2.45, 2.75) is 31.7 Å². The minimum absolute atomic E-state index is 0.0878. The molecule has 2 heterocycles. The van der Waals surface area contributed by atoms with E-state index in [2.05, 4.69) is 4.74 Å². The fourth-order valence-electron chi connectivity index (χ4n) is 3.95. The number of carbonyl (C=O) groups excluding carboxylic acids is 1. The molecule has 180 valence electrons. The molecule has 6 nitrogen and oxygen atoms in total. The first-order valence-corrected chi connectivity index (χ1v) is 10.4. The molecule has 0 radical (unpaired) electrons. The van der Waals surface area contributed by atoms with Gasteiger partial charge in [-0.3, -0.25) is 10.2 Å². The predicted octanol–water partition coefficient (Wildman–Crippen LogP) is 4.74. The Kier molecular flexibility index (Phi) is 5.96. The summed E-state index contributed by atoms with van der Waals surface area (Å²) in [5.74, 6) is -3.78. The third-order valence-corrected chi connectivity index (χ3v) is 5.71. The molecule has 1 aliphatic rings. The van der Waals surface area contributed by atoms with Crippen molar-refractivity contribution in [1.82, 2.24) is 9.47 Å². The van der Waals surface area contributed by atoms with Gasteiger partial charge in [0.05, 0.1) is 0 Å². The normalized spacial score (nSPS) is 16.0. The number of carbonyl (C=O) groups is 1. The third-order valence-electron chi connectivity index (χ3n) is 5.71. The number of rotatable bonds is 5. The number of ether oxygens (including phenoxy) is 1.